The van der Waals surface area contributed by atoms with Crippen LogP contribution in [-0.2, 0) is 13.5 Å². The summed E-state index contributed by atoms with van der Waals surface area (Å²) in [7, 11) is 1.87. The maximum Gasteiger partial charge on any atom is 0.121 e. The maximum atomic E-state index is 10.3. The summed E-state index contributed by atoms with van der Waals surface area (Å²) < 4.78 is 1.75. The molecule has 0 fully saturated rings. The van der Waals surface area contributed by atoms with Crippen LogP contribution < -0.4 is 0 Å². The molecule has 0 amide bonds. The summed E-state index contributed by atoms with van der Waals surface area (Å²) in [5, 5.41) is 14.7. The molecule has 3 heteroatoms. The topological polar surface area (TPSA) is 38.0 Å². The average molecular weight is 230 g/mol. The van der Waals surface area contributed by atoms with Crippen molar-refractivity contribution < 1.29 is 5.11 Å². The Hall–Kier alpha value is -1.61. The Kier molecular flexibility index (Phi) is 3.29. The first-order valence-electron chi connectivity index (χ1n) is 5.89. The van der Waals surface area contributed by atoms with E-state index in [2.05, 4.69) is 12.0 Å². The average Bonchev–Trinajstić information content (AvgIpc) is 2.71. The van der Waals surface area contributed by atoms with Gasteiger partial charge in [0.05, 0.1) is 11.4 Å². The molecule has 0 aliphatic rings. The van der Waals surface area contributed by atoms with Gasteiger partial charge in [-0.25, -0.2) is 0 Å². The van der Waals surface area contributed by atoms with E-state index in [1.54, 1.807) is 4.68 Å². The molecule has 1 N–H and O–H groups in total. The summed E-state index contributed by atoms with van der Waals surface area (Å²) in [6.07, 6.45) is 0.280. The number of rotatable bonds is 3. The predicted molar refractivity (Wildman–Crippen MR) is 67.8 cm³/mol. The fourth-order valence-electron chi connectivity index (χ4n) is 1.89. The van der Waals surface area contributed by atoms with Crippen molar-refractivity contribution in [1.29, 1.82) is 0 Å². The van der Waals surface area contributed by atoms with Crippen LogP contribution in [0.5, 0.6) is 0 Å². The molecule has 17 heavy (non-hydrogen) atoms. The SMILES string of the molecule is CCc1cc(C(O)c2ccc(C)cc2)n(C)n1. The van der Waals surface area contributed by atoms with E-state index in [4.69, 9.17) is 0 Å². The third kappa shape index (κ3) is 2.39. The Bertz CT molecular complexity index is 499. The summed E-state index contributed by atoms with van der Waals surface area (Å²) in [5.74, 6) is 0. The molecule has 0 bridgehead atoms. The summed E-state index contributed by atoms with van der Waals surface area (Å²) in [4.78, 5) is 0. The van der Waals surface area contributed by atoms with Crippen LogP contribution in [0.4, 0.5) is 0 Å². The van der Waals surface area contributed by atoms with Gasteiger partial charge in [-0.2, -0.15) is 5.10 Å². The van der Waals surface area contributed by atoms with Crippen LogP contribution in [0.15, 0.2) is 30.3 Å². The molecule has 0 spiro atoms. The first-order chi connectivity index (χ1) is 8.11. The number of aromatic nitrogens is 2. The van der Waals surface area contributed by atoms with Crippen LogP contribution in [0.3, 0.4) is 0 Å². The van der Waals surface area contributed by atoms with E-state index in [1.807, 2.05) is 44.3 Å². The minimum atomic E-state index is -0.603. The largest absolute Gasteiger partial charge is 0.382 e. The molecule has 2 rings (SSSR count). The molecule has 1 aromatic carbocycles. The summed E-state index contributed by atoms with van der Waals surface area (Å²) in [6.45, 7) is 4.10. The van der Waals surface area contributed by atoms with Gasteiger partial charge in [-0.1, -0.05) is 36.8 Å². The smallest absolute Gasteiger partial charge is 0.121 e. The normalized spacial score (nSPS) is 12.7. The van der Waals surface area contributed by atoms with E-state index < -0.39 is 6.10 Å². The molecule has 3 nitrogen and oxygen atoms in total. The summed E-state index contributed by atoms with van der Waals surface area (Å²) in [5.41, 5.74) is 3.95. The minimum Gasteiger partial charge on any atom is -0.382 e. The number of benzene rings is 1. The molecule has 0 aliphatic carbocycles. The second-order valence-corrected chi connectivity index (χ2v) is 4.35. The van der Waals surface area contributed by atoms with Crippen LogP contribution in [0, 0.1) is 6.92 Å². The molecule has 0 saturated heterocycles. The van der Waals surface area contributed by atoms with Gasteiger partial charge >= 0.3 is 0 Å². The van der Waals surface area contributed by atoms with E-state index in [0.29, 0.717) is 0 Å². The molecule has 90 valence electrons. The van der Waals surface area contributed by atoms with Crippen molar-refractivity contribution in [3.63, 3.8) is 0 Å². The molecule has 0 aliphatic heterocycles. The van der Waals surface area contributed by atoms with Gasteiger partial charge < -0.3 is 5.11 Å². The monoisotopic (exact) mass is 230 g/mol. The van der Waals surface area contributed by atoms with E-state index in [9.17, 15) is 5.11 Å². The van der Waals surface area contributed by atoms with Crippen LogP contribution in [0.25, 0.3) is 0 Å². The van der Waals surface area contributed by atoms with Gasteiger partial charge in [-0.3, -0.25) is 4.68 Å². The fourth-order valence-corrected chi connectivity index (χ4v) is 1.89. The van der Waals surface area contributed by atoms with E-state index in [0.717, 1.165) is 23.4 Å². The number of hydrogen-bond donors (Lipinski definition) is 1. The van der Waals surface area contributed by atoms with Gasteiger partial charge in [0.25, 0.3) is 0 Å². The maximum absolute atomic E-state index is 10.3. The molecule has 2 aromatic rings. The van der Waals surface area contributed by atoms with Crippen molar-refractivity contribution in [1.82, 2.24) is 9.78 Å². The quantitative estimate of drug-likeness (QED) is 0.879. The van der Waals surface area contributed by atoms with Crippen molar-refractivity contribution in [3.8, 4) is 0 Å². The second kappa shape index (κ2) is 4.72. The Morgan fingerprint density at radius 2 is 1.94 bits per heavy atom. The molecule has 1 atom stereocenters. The van der Waals surface area contributed by atoms with Gasteiger partial charge in [0.15, 0.2) is 0 Å². The van der Waals surface area contributed by atoms with Crippen molar-refractivity contribution in [3.05, 3.63) is 52.8 Å². The molecule has 1 unspecified atom stereocenters. The zero-order valence-electron chi connectivity index (χ0n) is 10.5. The number of aliphatic hydroxyl groups is 1. The van der Waals surface area contributed by atoms with Gasteiger partial charge in [-0.05, 0) is 25.0 Å². The van der Waals surface area contributed by atoms with Crippen LogP contribution in [0.2, 0.25) is 0 Å². The summed E-state index contributed by atoms with van der Waals surface area (Å²) in [6, 6.07) is 9.90. The Morgan fingerprint density at radius 3 is 2.47 bits per heavy atom. The van der Waals surface area contributed by atoms with E-state index in [1.165, 1.54) is 5.56 Å². The number of aryl methyl sites for hydroxylation is 3. The first-order valence-corrected chi connectivity index (χ1v) is 5.89. The first kappa shape index (κ1) is 11.9. The van der Waals surface area contributed by atoms with Gasteiger partial charge in [-0.15, -0.1) is 0 Å². The minimum absolute atomic E-state index is 0.603. The molecule has 1 heterocycles. The fraction of sp³-hybridized carbons (Fsp3) is 0.357. The standard InChI is InChI=1S/C14H18N2O/c1-4-12-9-13(16(3)15-12)14(17)11-7-5-10(2)6-8-11/h5-9,14,17H,4H2,1-3H3. The second-order valence-electron chi connectivity index (χ2n) is 4.35. The number of aliphatic hydroxyl groups excluding tert-OH is 1. The van der Waals surface area contributed by atoms with Gasteiger partial charge in [0.2, 0.25) is 0 Å². The Morgan fingerprint density at radius 1 is 1.29 bits per heavy atom. The zero-order chi connectivity index (χ0) is 12.4. The highest BCUT2D eigenvalue weighted by molar-refractivity contribution is 5.29. The molecule has 0 saturated carbocycles. The lowest BCUT2D eigenvalue weighted by Crippen LogP contribution is -2.06. The number of hydrogen-bond acceptors (Lipinski definition) is 2. The van der Waals surface area contributed by atoms with E-state index >= 15 is 0 Å². The van der Waals surface area contributed by atoms with Crippen LogP contribution in [0.1, 0.15) is 35.5 Å². The van der Waals surface area contributed by atoms with Crippen molar-refractivity contribution >= 4 is 0 Å². The highest BCUT2D eigenvalue weighted by atomic mass is 16.3. The third-order valence-electron chi connectivity index (χ3n) is 3.00. The Labute approximate surface area is 102 Å². The van der Waals surface area contributed by atoms with Gasteiger partial charge in [0.1, 0.15) is 6.10 Å². The predicted octanol–water partition coefficient (Wildman–Crippen LogP) is 2.37. The Balaban J connectivity index is 2.32. The lowest BCUT2D eigenvalue weighted by Gasteiger charge is -2.11. The van der Waals surface area contributed by atoms with Crippen molar-refractivity contribution in [2.45, 2.75) is 26.4 Å². The van der Waals surface area contributed by atoms with Crippen LogP contribution >= 0.6 is 0 Å². The highest BCUT2D eigenvalue weighted by Crippen LogP contribution is 2.22. The highest BCUT2D eigenvalue weighted by Gasteiger charge is 2.15. The van der Waals surface area contributed by atoms with Gasteiger partial charge in [0, 0.05) is 7.05 Å². The number of nitrogens with zero attached hydrogens (tertiary/aromatic N) is 2. The van der Waals surface area contributed by atoms with Crippen molar-refractivity contribution in [2.24, 2.45) is 7.05 Å². The molecular formula is C14H18N2O. The summed E-state index contributed by atoms with van der Waals surface area (Å²) >= 11 is 0. The van der Waals surface area contributed by atoms with E-state index in [-0.39, 0.29) is 0 Å². The lowest BCUT2D eigenvalue weighted by molar-refractivity contribution is 0.210. The lowest BCUT2D eigenvalue weighted by atomic mass is 10.0. The molecular weight excluding hydrogens is 212 g/mol. The van der Waals surface area contributed by atoms with Crippen molar-refractivity contribution in [2.75, 3.05) is 0 Å². The molecule has 0 radical (unpaired) electrons. The third-order valence-corrected chi connectivity index (χ3v) is 3.00. The zero-order valence-corrected chi connectivity index (χ0v) is 10.5. The molecule has 1 aromatic heterocycles. The van der Waals surface area contributed by atoms with Crippen LogP contribution in [-0.4, -0.2) is 14.9 Å².